The maximum absolute atomic E-state index is 12.4. The van der Waals surface area contributed by atoms with Crippen molar-refractivity contribution < 1.29 is 8.78 Å². The molecule has 1 aliphatic rings. The Morgan fingerprint density at radius 1 is 1.67 bits per heavy atom. The third-order valence-electron chi connectivity index (χ3n) is 1.68. The molecular formula is C7H7ClF2NS. The van der Waals surface area contributed by atoms with E-state index in [1.807, 2.05) is 0 Å². The van der Waals surface area contributed by atoms with E-state index in [1.165, 1.54) is 6.07 Å². The van der Waals surface area contributed by atoms with Crippen molar-refractivity contribution in [3.8, 4) is 6.07 Å². The number of hydrogen-bond acceptors (Lipinski definition) is 2. The summed E-state index contributed by atoms with van der Waals surface area (Å²) in [7, 11) is 0. The molecule has 1 radical (unpaired) electrons. The average Bonchev–Trinajstić information content (AvgIpc) is 1.82. The van der Waals surface area contributed by atoms with Crippen molar-refractivity contribution in [2.24, 2.45) is 5.92 Å². The lowest BCUT2D eigenvalue weighted by molar-refractivity contribution is 0.112. The van der Waals surface area contributed by atoms with E-state index < -0.39 is 11.3 Å². The predicted octanol–water partition coefficient (Wildman–Crippen LogP) is 2.67. The zero-order valence-electron chi connectivity index (χ0n) is 6.19. The van der Waals surface area contributed by atoms with Gasteiger partial charge in [0.25, 0.3) is 0 Å². The van der Waals surface area contributed by atoms with Gasteiger partial charge in [0.1, 0.15) is 0 Å². The molecule has 5 heteroatoms. The summed E-state index contributed by atoms with van der Waals surface area (Å²) in [5.41, 5.74) is 0. The van der Waals surface area contributed by atoms with Crippen LogP contribution in [0.4, 0.5) is 8.78 Å². The van der Waals surface area contributed by atoms with Crippen LogP contribution in [0.2, 0.25) is 0 Å². The Hall–Kier alpha value is -0.0100. The molecule has 0 aliphatic carbocycles. The summed E-state index contributed by atoms with van der Waals surface area (Å²) in [5, 5.41) is 4.92. The van der Waals surface area contributed by atoms with Crippen LogP contribution in [0.5, 0.6) is 0 Å². The summed E-state index contributed by atoms with van der Waals surface area (Å²) in [6.45, 7) is 0. The second-order valence-electron chi connectivity index (χ2n) is 2.70. The third-order valence-corrected chi connectivity index (χ3v) is 3.32. The van der Waals surface area contributed by atoms with Crippen LogP contribution in [0.1, 0.15) is 6.42 Å². The Morgan fingerprint density at radius 2 is 2.25 bits per heavy atom. The summed E-state index contributed by atoms with van der Waals surface area (Å²) in [5.74, 6) is 1.43. The minimum atomic E-state index is -3.45. The highest BCUT2D eigenvalue weighted by atomic mass is 35.5. The van der Waals surface area contributed by atoms with Gasteiger partial charge in [-0.25, -0.2) is 0 Å². The normalized spacial score (nSPS) is 18.9. The van der Waals surface area contributed by atoms with Crippen molar-refractivity contribution in [3.05, 3.63) is 5.92 Å². The molecule has 0 aromatic rings. The van der Waals surface area contributed by atoms with Gasteiger partial charge in [0.05, 0.1) is 6.07 Å². The SMILES string of the molecule is N#C[C](CC1CSC1)C(F)(F)Cl. The molecule has 12 heavy (non-hydrogen) atoms. The van der Waals surface area contributed by atoms with Crippen LogP contribution < -0.4 is 0 Å². The van der Waals surface area contributed by atoms with Gasteiger partial charge in [-0.15, -0.1) is 0 Å². The molecule has 0 aromatic carbocycles. The van der Waals surface area contributed by atoms with Gasteiger partial charge >= 0.3 is 5.38 Å². The Bertz CT molecular complexity index is 195. The first-order valence-electron chi connectivity index (χ1n) is 3.45. The molecule has 0 aromatic heterocycles. The predicted molar refractivity (Wildman–Crippen MR) is 45.1 cm³/mol. The van der Waals surface area contributed by atoms with Gasteiger partial charge in [-0.1, -0.05) is 0 Å². The van der Waals surface area contributed by atoms with Crippen LogP contribution in [-0.2, 0) is 0 Å². The topological polar surface area (TPSA) is 23.8 Å². The van der Waals surface area contributed by atoms with E-state index in [2.05, 4.69) is 0 Å². The minimum absolute atomic E-state index is 0.139. The van der Waals surface area contributed by atoms with Crippen LogP contribution in [0.15, 0.2) is 0 Å². The molecule has 1 saturated heterocycles. The van der Waals surface area contributed by atoms with Crippen LogP contribution in [-0.4, -0.2) is 16.9 Å². The molecule has 0 saturated carbocycles. The Kier molecular flexibility index (Phi) is 3.19. The summed E-state index contributed by atoms with van der Waals surface area (Å²) in [6, 6.07) is 1.47. The number of alkyl halides is 3. The van der Waals surface area contributed by atoms with Gasteiger partial charge in [-0.2, -0.15) is 25.8 Å². The summed E-state index contributed by atoms with van der Waals surface area (Å²) in [6.07, 6.45) is 0.139. The fraction of sp³-hybridized carbons (Fsp3) is 0.714. The molecule has 67 valence electrons. The summed E-state index contributed by atoms with van der Waals surface area (Å²) >= 11 is 6.42. The van der Waals surface area contributed by atoms with Gasteiger partial charge in [0.2, 0.25) is 0 Å². The van der Waals surface area contributed by atoms with Crippen molar-refractivity contribution in [2.75, 3.05) is 11.5 Å². The van der Waals surface area contributed by atoms with Crippen LogP contribution in [0.3, 0.4) is 0 Å². The zero-order chi connectivity index (χ0) is 9.19. The molecule has 1 nitrogen and oxygen atoms in total. The van der Waals surface area contributed by atoms with Gasteiger partial charge in [-0.3, -0.25) is 0 Å². The zero-order valence-corrected chi connectivity index (χ0v) is 7.76. The molecule has 0 N–H and O–H groups in total. The lowest BCUT2D eigenvalue weighted by Gasteiger charge is -2.27. The van der Waals surface area contributed by atoms with Crippen LogP contribution in [0, 0.1) is 23.2 Å². The van der Waals surface area contributed by atoms with Crippen molar-refractivity contribution in [3.63, 3.8) is 0 Å². The molecular weight excluding hydrogens is 204 g/mol. The number of nitriles is 1. The Balaban J connectivity index is 2.41. The van der Waals surface area contributed by atoms with Gasteiger partial charge < -0.3 is 0 Å². The van der Waals surface area contributed by atoms with Crippen LogP contribution >= 0.6 is 23.4 Å². The first-order valence-corrected chi connectivity index (χ1v) is 4.98. The van der Waals surface area contributed by atoms with E-state index in [9.17, 15) is 8.78 Å². The van der Waals surface area contributed by atoms with E-state index in [0.29, 0.717) is 0 Å². The van der Waals surface area contributed by atoms with Crippen LogP contribution in [0.25, 0.3) is 0 Å². The third kappa shape index (κ3) is 2.49. The molecule has 1 aliphatic heterocycles. The molecule has 0 amide bonds. The largest absolute Gasteiger partial charge is 0.341 e. The molecule has 0 bridgehead atoms. The van der Waals surface area contributed by atoms with Crippen molar-refractivity contribution >= 4 is 23.4 Å². The van der Waals surface area contributed by atoms with Crippen molar-refractivity contribution in [1.82, 2.24) is 0 Å². The van der Waals surface area contributed by atoms with E-state index in [1.54, 1.807) is 11.8 Å². The summed E-state index contributed by atoms with van der Waals surface area (Å²) < 4.78 is 24.8. The maximum atomic E-state index is 12.4. The van der Waals surface area contributed by atoms with Gasteiger partial charge in [-0.05, 0) is 35.4 Å². The van der Waals surface area contributed by atoms with E-state index in [-0.39, 0.29) is 12.3 Å². The monoisotopic (exact) mass is 210 g/mol. The molecule has 1 fully saturated rings. The summed E-state index contributed by atoms with van der Waals surface area (Å²) in [4.78, 5) is 0. The first-order chi connectivity index (χ1) is 5.54. The number of nitrogens with zero attached hydrogens (tertiary/aromatic N) is 1. The van der Waals surface area contributed by atoms with E-state index in [0.717, 1.165) is 11.5 Å². The standard InChI is InChI=1S/C7H7ClF2NS/c8-7(9,10)6(2-11)1-5-3-12-4-5/h5H,1,3-4H2. The highest BCUT2D eigenvalue weighted by molar-refractivity contribution is 8.00. The minimum Gasteiger partial charge on any atom is -0.197 e. The van der Waals surface area contributed by atoms with E-state index in [4.69, 9.17) is 16.9 Å². The quantitative estimate of drug-likeness (QED) is 0.669. The molecule has 1 rings (SSSR count). The fourth-order valence-electron chi connectivity index (χ4n) is 0.916. The molecule has 1 heterocycles. The van der Waals surface area contributed by atoms with E-state index >= 15 is 0 Å². The lowest BCUT2D eigenvalue weighted by atomic mass is 9.98. The Morgan fingerprint density at radius 3 is 2.50 bits per heavy atom. The van der Waals surface area contributed by atoms with Gasteiger partial charge in [0, 0.05) is 0 Å². The number of rotatable bonds is 3. The maximum Gasteiger partial charge on any atom is 0.341 e. The Labute approximate surface area is 79.1 Å². The second kappa shape index (κ2) is 3.80. The highest BCUT2D eigenvalue weighted by Gasteiger charge is 2.40. The smallest absolute Gasteiger partial charge is 0.197 e. The lowest BCUT2D eigenvalue weighted by Crippen LogP contribution is -2.26. The number of thioether (sulfide) groups is 1. The van der Waals surface area contributed by atoms with Gasteiger partial charge in [0.15, 0.2) is 5.92 Å². The van der Waals surface area contributed by atoms with Crippen molar-refractivity contribution in [2.45, 2.75) is 11.8 Å². The van der Waals surface area contributed by atoms with Crippen molar-refractivity contribution in [1.29, 1.82) is 5.26 Å². The highest BCUT2D eigenvalue weighted by Crippen LogP contribution is 2.39. The molecule has 0 spiro atoms. The first kappa shape index (κ1) is 10.1. The fourth-order valence-corrected chi connectivity index (χ4v) is 1.84. The average molecular weight is 211 g/mol. The molecule has 0 unspecified atom stereocenters. The number of halogens is 3. The second-order valence-corrected chi connectivity index (χ2v) is 4.25. The molecule has 0 atom stereocenters. The number of hydrogen-bond donors (Lipinski definition) is 0.